The lowest BCUT2D eigenvalue weighted by Crippen LogP contribution is -2.25. The van der Waals surface area contributed by atoms with Crippen molar-refractivity contribution in [2.45, 2.75) is 25.6 Å². The number of methoxy groups -OCH3 is 1. The Labute approximate surface area is 198 Å². The number of H-pyrrole nitrogens is 1. The predicted octanol–water partition coefficient (Wildman–Crippen LogP) is 3.67. The van der Waals surface area contributed by atoms with E-state index in [1.54, 1.807) is 24.3 Å². The second-order valence-electron chi connectivity index (χ2n) is 7.39. The quantitative estimate of drug-likeness (QED) is 0.422. The van der Waals surface area contributed by atoms with Gasteiger partial charge in [-0.1, -0.05) is 24.8 Å². The molecular formula is C24H23F3N4O4. The van der Waals surface area contributed by atoms with Crippen LogP contribution in [-0.4, -0.2) is 34.8 Å². The highest BCUT2D eigenvalue weighted by Gasteiger charge is 2.30. The van der Waals surface area contributed by atoms with Crippen LogP contribution in [0.4, 0.5) is 13.2 Å². The summed E-state index contributed by atoms with van der Waals surface area (Å²) in [5.74, 6) is 0.710. The largest absolute Gasteiger partial charge is 0.493 e. The van der Waals surface area contributed by atoms with Crippen molar-refractivity contribution < 1.29 is 27.4 Å². The predicted molar refractivity (Wildman–Crippen MR) is 122 cm³/mol. The van der Waals surface area contributed by atoms with Gasteiger partial charge >= 0.3 is 6.18 Å². The number of aromatic nitrogens is 3. The van der Waals surface area contributed by atoms with Crippen LogP contribution in [0.25, 0.3) is 11.4 Å². The molecule has 2 aromatic carbocycles. The maximum atomic E-state index is 12.8. The summed E-state index contributed by atoms with van der Waals surface area (Å²) in [5, 5.41) is 10.5. The first kappa shape index (κ1) is 25.5. The molecule has 2 N–H and O–H groups in total. The average molecular weight is 488 g/mol. The normalized spacial score (nSPS) is 11.1. The van der Waals surface area contributed by atoms with Gasteiger partial charge in [0.25, 0.3) is 5.56 Å². The van der Waals surface area contributed by atoms with E-state index in [9.17, 15) is 22.8 Å². The van der Waals surface area contributed by atoms with Gasteiger partial charge in [-0.15, -0.1) is 10.2 Å². The Hall–Kier alpha value is -4.15. The lowest BCUT2D eigenvalue weighted by molar-refractivity contribution is -0.137. The van der Waals surface area contributed by atoms with Crippen molar-refractivity contribution in [2.24, 2.45) is 0 Å². The van der Waals surface area contributed by atoms with Crippen molar-refractivity contribution in [1.29, 1.82) is 0 Å². The summed E-state index contributed by atoms with van der Waals surface area (Å²) < 4.78 is 49.2. The molecule has 0 saturated heterocycles. The van der Waals surface area contributed by atoms with Gasteiger partial charge in [0.2, 0.25) is 5.91 Å². The number of ether oxygens (including phenoxy) is 2. The van der Waals surface area contributed by atoms with Gasteiger partial charge in [0, 0.05) is 24.9 Å². The second kappa shape index (κ2) is 11.3. The minimum absolute atomic E-state index is 0.00862. The number of benzene rings is 2. The summed E-state index contributed by atoms with van der Waals surface area (Å²) in [6, 6.07) is 9.68. The van der Waals surface area contributed by atoms with E-state index >= 15 is 0 Å². The Morgan fingerprint density at radius 3 is 2.66 bits per heavy atom. The van der Waals surface area contributed by atoms with Crippen LogP contribution in [0.2, 0.25) is 0 Å². The number of halogens is 3. The lowest BCUT2D eigenvalue weighted by atomic mass is 10.1. The second-order valence-corrected chi connectivity index (χ2v) is 7.39. The van der Waals surface area contributed by atoms with Crippen LogP contribution in [0.5, 0.6) is 11.5 Å². The first-order chi connectivity index (χ1) is 16.7. The Morgan fingerprint density at radius 2 is 1.97 bits per heavy atom. The number of rotatable bonds is 10. The first-order valence-corrected chi connectivity index (χ1v) is 10.5. The number of nitrogens with zero attached hydrogens (tertiary/aromatic N) is 2. The van der Waals surface area contributed by atoms with Crippen LogP contribution < -0.4 is 20.3 Å². The highest BCUT2D eigenvalue weighted by atomic mass is 19.4. The molecule has 8 nitrogen and oxygen atoms in total. The number of aryl methyl sites for hydroxylation is 1. The van der Waals surface area contributed by atoms with Gasteiger partial charge in [-0.2, -0.15) is 13.2 Å². The van der Waals surface area contributed by atoms with E-state index < -0.39 is 23.2 Å². The maximum Gasteiger partial charge on any atom is 0.416 e. The number of nitrogens with one attached hydrogen (secondary N) is 2. The highest BCUT2D eigenvalue weighted by Crippen LogP contribution is 2.31. The fourth-order valence-electron chi connectivity index (χ4n) is 3.12. The topological polar surface area (TPSA) is 106 Å². The molecule has 0 atom stereocenters. The summed E-state index contributed by atoms with van der Waals surface area (Å²) in [7, 11) is 1.48. The molecular weight excluding hydrogens is 465 g/mol. The van der Waals surface area contributed by atoms with E-state index in [4.69, 9.17) is 9.47 Å². The third-order valence-electron chi connectivity index (χ3n) is 4.89. The number of hydrogen-bond acceptors (Lipinski definition) is 6. The van der Waals surface area contributed by atoms with Crippen molar-refractivity contribution >= 4 is 5.91 Å². The third-order valence-corrected chi connectivity index (χ3v) is 4.89. The zero-order chi connectivity index (χ0) is 25.4. The molecule has 11 heteroatoms. The van der Waals surface area contributed by atoms with Crippen LogP contribution in [0.15, 0.2) is 59.9 Å². The number of carbonyl (C=O) groups is 1. The lowest BCUT2D eigenvalue weighted by Gasteiger charge is -2.11. The SMILES string of the molecule is C=CCOc1ccc(-c2nnc(CCC(=O)NCc3cccc(C(F)(F)F)c3)c(=O)[nH]2)cc1OC. The standard InChI is InChI=1S/C24H23F3N4O4/c1-3-11-35-19-9-7-16(13-20(19)34-2)22-29-23(33)18(30-31-22)8-10-21(32)28-14-15-5-4-6-17(12-15)24(25,26)27/h3-7,9,12-13H,1,8,10-11,14H2,2H3,(H,28,32)(H,29,31,33). The van der Waals surface area contributed by atoms with Gasteiger partial charge in [-0.3, -0.25) is 9.59 Å². The summed E-state index contributed by atoms with van der Waals surface area (Å²) in [4.78, 5) is 27.2. The number of amides is 1. The number of hydrogen-bond donors (Lipinski definition) is 2. The van der Waals surface area contributed by atoms with E-state index in [0.717, 1.165) is 12.1 Å². The van der Waals surface area contributed by atoms with E-state index in [0.29, 0.717) is 29.2 Å². The van der Waals surface area contributed by atoms with Crippen molar-refractivity contribution in [3.05, 3.63) is 82.3 Å². The Bertz CT molecular complexity index is 1260. The molecule has 3 aromatic rings. The van der Waals surface area contributed by atoms with Crippen molar-refractivity contribution in [1.82, 2.24) is 20.5 Å². The van der Waals surface area contributed by atoms with Gasteiger partial charge in [0.15, 0.2) is 17.3 Å². The Morgan fingerprint density at radius 1 is 1.17 bits per heavy atom. The number of alkyl halides is 3. The van der Waals surface area contributed by atoms with Crippen molar-refractivity contribution in [2.75, 3.05) is 13.7 Å². The number of carbonyl (C=O) groups excluding carboxylic acids is 1. The summed E-state index contributed by atoms with van der Waals surface area (Å²) in [6.07, 6.45) is -2.94. The molecule has 0 bridgehead atoms. The number of aromatic amines is 1. The Balaban J connectivity index is 1.60. The maximum absolute atomic E-state index is 12.8. The molecule has 35 heavy (non-hydrogen) atoms. The highest BCUT2D eigenvalue weighted by molar-refractivity contribution is 5.76. The smallest absolute Gasteiger partial charge is 0.416 e. The van der Waals surface area contributed by atoms with Crippen molar-refractivity contribution in [3.8, 4) is 22.9 Å². The zero-order valence-electron chi connectivity index (χ0n) is 18.8. The van der Waals surface area contributed by atoms with Crippen LogP contribution in [0.1, 0.15) is 23.2 Å². The minimum atomic E-state index is -4.46. The van der Waals surface area contributed by atoms with Gasteiger partial charge < -0.3 is 19.8 Å². The molecule has 1 heterocycles. The van der Waals surface area contributed by atoms with Crippen LogP contribution >= 0.6 is 0 Å². The molecule has 0 saturated carbocycles. The molecule has 184 valence electrons. The van der Waals surface area contributed by atoms with E-state index in [1.165, 1.54) is 19.2 Å². The van der Waals surface area contributed by atoms with Crippen LogP contribution in [-0.2, 0) is 23.9 Å². The summed E-state index contributed by atoms with van der Waals surface area (Å²) in [6.45, 7) is 3.82. The minimum Gasteiger partial charge on any atom is -0.493 e. The molecule has 1 aromatic heterocycles. The van der Waals surface area contributed by atoms with Gasteiger partial charge in [0.05, 0.1) is 12.7 Å². The van der Waals surface area contributed by atoms with Crippen LogP contribution in [0.3, 0.4) is 0 Å². The molecule has 3 rings (SSSR count). The van der Waals surface area contributed by atoms with E-state index in [2.05, 4.69) is 27.1 Å². The molecule has 0 fully saturated rings. The van der Waals surface area contributed by atoms with E-state index in [-0.39, 0.29) is 30.9 Å². The van der Waals surface area contributed by atoms with Gasteiger partial charge in [-0.25, -0.2) is 0 Å². The van der Waals surface area contributed by atoms with Gasteiger partial charge in [-0.05, 0) is 35.9 Å². The average Bonchev–Trinajstić information content (AvgIpc) is 2.85. The molecule has 1 amide bonds. The molecule has 0 radical (unpaired) electrons. The fraction of sp³-hybridized carbons (Fsp3) is 0.250. The van der Waals surface area contributed by atoms with Crippen LogP contribution in [0, 0.1) is 0 Å². The Kier molecular flexibility index (Phi) is 8.24. The molecule has 0 spiro atoms. The van der Waals surface area contributed by atoms with Crippen molar-refractivity contribution in [3.63, 3.8) is 0 Å². The monoisotopic (exact) mass is 488 g/mol. The molecule has 0 aliphatic heterocycles. The van der Waals surface area contributed by atoms with Gasteiger partial charge in [0.1, 0.15) is 12.3 Å². The third kappa shape index (κ3) is 6.92. The molecule has 0 unspecified atom stereocenters. The fourth-order valence-corrected chi connectivity index (χ4v) is 3.12. The summed E-state index contributed by atoms with van der Waals surface area (Å²) >= 11 is 0. The summed E-state index contributed by atoms with van der Waals surface area (Å²) in [5.41, 5.74) is -0.385. The molecule has 0 aliphatic carbocycles. The molecule has 0 aliphatic rings. The van der Waals surface area contributed by atoms with E-state index in [1.807, 2.05) is 0 Å². The first-order valence-electron chi connectivity index (χ1n) is 10.5. The zero-order valence-corrected chi connectivity index (χ0v) is 18.8.